The van der Waals surface area contributed by atoms with E-state index in [-0.39, 0.29) is 27.7 Å². The predicted octanol–water partition coefficient (Wildman–Crippen LogP) is 3.53. The van der Waals surface area contributed by atoms with Crippen molar-refractivity contribution in [3.8, 4) is 0 Å². The number of nitrogens with zero attached hydrogens (tertiary/aromatic N) is 7. The maximum atomic E-state index is 13.2. The van der Waals surface area contributed by atoms with Crippen LogP contribution >= 0.6 is 46.0 Å². The number of nitrogens with two attached hydrogens (primary N) is 1. The Bertz CT molecular complexity index is 1520. The van der Waals surface area contributed by atoms with Gasteiger partial charge in [-0.15, -0.1) is 0 Å². The molecule has 2 atom stereocenters. The van der Waals surface area contributed by atoms with Gasteiger partial charge in [-0.2, -0.15) is 0 Å². The molecule has 1 aromatic carbocycles. The Balaban J connectivity index is 1.18. The zero-order valence-corrected chi connectivity index (χ0v) is 23.9. The molecule has 0 bridgehead atoms. The van der Waals surface area contributed by atoms with Crippen LogP contribution in [-0.2, 0) is 11.3 Å². The summed E-state index contributed by atoms with van der Waals surface area (Å²) < 4.78 is 7.38. The maximum absolute atomic E-state index is 13.2. The summed E-state index contributed by atoms with van der Waals surface area (Å²) in [5.74, 6) is 0.836. The summed E-state index contributed by atoms with van der Waals surface area (Å²) in [4.78, 5) is 38.2. The molecule has 6 rings (SSSR count). The number of hydrogen-bond donors (Lipinski definition) is 1. The third kappa shape index (κ3) is 4.88. The standard InChI is InChI=1S/C25H24ClIN8O2S/c26-21-17(2-1-16-20(21)24(36)35(14-33-16)12-15-9-29-5-6-30-15)38-19-11-31-18(10-32-19)34-7-3-25(4-8-34)13-37-23(27)22(25)28/h1-2,5-6,9-11,14,22-23H,3-4,7-8,12-13,28H2/t22-,23-/m1/s1. The number of ether oxygens (including phenoxy) is 1. The van der Waals surface area contributed by atoms with E-state index < -0.39 is 0 Å². The fourth-order valence-corrected chi connectivity index (χ4v) is 7.05. The van der Waals surface area contributed by atoms with E-state index >= 15 is 0 Å². The number of aromatic nitrogens is 6. The summed E-state index contributed by atoms with van der Waals surface area (Å²) in [7, 11) is 0. The molecule has 0 saturated carbocycles. The minimum atomic E-state index is -0.237. The predicted molar refractivity (Wildman–Crippen MR) is 154 cm³/mol. The van der Waals surface area contributed by atoms with Gasteiger partial charge in [-0.1, -0.05) is 23.4 Å². The van der Waals surface area contributed by atoms with Crippen molar-refractivity contribution < 1.29 is 4.74 Å². The lowest BCUT2D eigenvalue weighted by atomic mass is 9.75. The van der Waals surface area contributed by atoms with E-state index in [4.69, 9.17) is 22.1 Å². The quantitative estimate of drug-likeness (QED) is 0.251. The van der Waals surface area contributed by atoms with Crippen LogP contribution in [-0.4, -0.2) is 59.3 Å². The first-order chi connectivity index (χ1) is 18.4. The largest absolute Gasteiger partial charge is 0.366 e. The summed E-state index contributed by atoms with van der Waals surface area (Å²) in [5, 5.41) is 1.39. The van der Waals surface area contributed by atoms with Crippen molar-refractivity contribution >= 4 is 62.7 Å². The van der Waals surface area contributed by atoms with Gasteiger partial charge in [0.2, 0.25) is 0 Å². The number of halogens is 2. The smallest absolute Gasteiger partial charge is 0.263 e. The van der Waals surface area contributed by atoms with Gasteiger partial charge in [0.1, 0.15) is 15.0 Å². The molecule has 0 aliphatic carbocycles. The van der Waals surface area contributed by atoms with Crippen LogP contribution in [0.3, 0.4) is 0 Å². The van der Waals surface area contributed by atoms with E-state index in [9.17, 15) is 4.79 Å². The van der Waals surface area contributed by atoms with E-state index in [2.05, 4.69) is 52.4 Å². The fraction of sp³-hybridized carbons (Fsp3) is 0.360. The number of piperidine rings is 1. The molecule has 2 N–H and O–H groups in total. The Kier molecular flexibility index (Phi) is 7.24. The van der Waals surface area contributed by atoms with Crippen molar-refractivity contribution in [3.63, 3.8) is 0 Å². The minimum Gasteiger partial charge on any atom is -0.366 e. The first-order valence-corrected chi connectivity index (χ1v) is 14.6. The van der Waals surface area contributed by atoms with Crippen LogP contribution in [0.1, 0.15) is 18.5 Å². The van der Waals surface area contributed by atoms with Crippen molar-refractivity contribution in [2.75, 3.05) is 24.6 Å². The Hall–Kier alpha value is -2.39. The maximum Gasteiger partial charge on any atom is 0.263 e. The molecule has 10 nitrogen and oxygen atoms in total. The second kappa shape index (κ2) is 10.6. The Morgan fingerprint density at radius 2 is 1.97 bits per heavy atom. The SMILES string of the molecule is N[C@@H]1[C@H](I)OCC12CCN(c1cnc(Sc3ccc4ncn(Cc5cnccn5)c(=O)c4c3Cl)cn1)CC2. The van der Waals surface area contributed by atoms with Crippen LogP contribution in [0.5, 0.6) is 0 Å². The van der Waals surface area contributed by atoms with Gasteiger partial charge < -0.3 is 15.4 Å². The Morgan fingerprint density at radius 3 is 2.66 bits per heavy atom. The minimum absolute atomic E-state index is 0.0559. The first kappa shape index (κ1) is 25.9. The lowest BCUT2D eigenvalue weighted by molar-refractivity contribution is 0.127. The van der Waals surface area contributed by atoms with Crippen LogP contribution in [0.15, 0.2) is 64.2 Å². The lowest BCUT2D eigenvalue weighted by Gasteiger charge is -2.41. The van der Waals surface area contributed by atoms with Crippen LogP contribution in [0.2, 0.25) is 5.02 Å². The Labute approximate surface area is 241 Å². The summed E-state index contributed by atoms with van der Waals surface area (Å²) in [6, 6.07) is 3.70. The van der Waals surface area contributed by atoms with Crippen molar-refractivity contribution in [1.82, 2.24) is 29.5 Å². The summed E-state index contributed by atoms with van der Waals surface area (Å²) in [6.07, 6.45) is 11.8. The topological polar surface area (TPSA) is 125 Å². The van der Waals surface area contributed by atoms with Gasteiger partial charge in [-0.25, -0.2) is 15.0 Å². The van der Waals surface area contributed by atoms with Crippen LogP contribution in [0.25, 0.3) is 10.9 Å². The van der Waals surface area contributed by atoms with Gasteiger partial charge in [0, 0.05) is 41.8 Å². The number of hydrogen-bond acceptors (Lipinski definition) is 10. The molecule has 3 aromatic heterocycles. The molecule has 0 radical (unpaired) electrons. The molecule has 13 heteroatoms. The normalized spacial score (nSPS) is 20.9. The van der Waals surface area contributed by atoms with E-state index in [1.54, 1.807) is 37.1 Å². The number of anilines is 1. The molecule has 1 spiro atoms. The van der Waals surface area contributed by atoms with Crippen LogP contribution in [0.4, 0.5) is 5.82 Å². The molecule has 4 aromatic rings. The average Bonchev–Trinajstić information content (AvgIpc) is 3.21. The summed E-state index contributed by atoms with van der Waals surface area (Å²) >= 11 is 10.4. The van der Waals surface area contributed by atoms with Gasteiger partial charge in [0.15, 0.2) is 0 Å². The van der Waals surface area contributed by atoms with Gasteiger partial charge >= 0.3 is 0 Å². The molecule has 196 valence electrons. The zero-order valence-electron chi connectivity index (χ0n) is 20.2. The van der Waals surface area contributed by atoms with Gasteiger partial charge in [-0.3, -0.25) is 19.3 Å². The molecule has 2 saturated heterocycles. The molecule has 38 heavy (non-hydrogen) atoms. The molecular weight excluding hydrogens is 639 g/mol. The average molecular weight is 663 g/mol. The van der Waals surface area contributed by atoms with E-state index in [1.165, 1.54) is 22.7 Å². The van der Waals surface area contributed by atoms with Gasteiger partial charge in [-0.05, 0) is 47.6 Å². The summed E-state index contributed by atoms with van der Waals surface area (Å²) in [5.41, 5.74) is 7.45. The third-order valence-electron chi connectivity index (χ3n) is 7.28. The molecule has 2 aliphatic rings. The van der Waals surface area contributed by atoms with Crippen molar-refractivity contribution in [2.24, 2.45) is 11.1 Å². The molecule has 2 aliphatic heterocycles. The van der Waals surface area contributed by atoms with Crippen molar-refractivity contribution in [2.45, 2.75) is 39.5 Å². The summed E-state index contributed by atoms with van der Waals surface area (Å²) in [6.45, 7) is 2.72. The zero-order chi connectivity index (χ0) is 26.3. The monoisotopic (exact) mass is 662 g/mol. The third-order valence-corrected chi connectivity index (χ3v) is 9.90. The second-order valence-electron chi connectivity index (χ2n) is 9.50. The molecular formula is C25H24ClIN8O2S. The van der Waals surface area contributed by atoms with Crippen molar-refractivity contribution in [1.29, 1.82) is 0 Å². The highest BCUT2D eigenvalue weighted by atomic mass is 127. The van der Waals surface area contributed by atoms with Gasteiger partial charge in [0.25, 0.3) is 5.56 Å². The highest BCUT2D eigenvalue weighted by Gasteiger charge is 2.48. The van der Waals surface area contributed by atoms with E-state index in [1.807, 2.05) is 6.07 Å². The lowest BCUT2D eigenvalue weighted by Crippen LogP contribution is -2.50. The number of benzene rings is 1. The van der Waals surface area contributed by atoms with Crippen LogP contribution in [0, 0.1) is 5.41 Å². The van der Waals surface area contributed by atoms with Crippen LogP contribution < -0.4 is 16.2 Å². The van der Waals surface area contributed by atoms with Crippen molar-refractivity contribution in [3.05, 3.63) is 70.5 Å². The highest BCUT2D eigenvalue weighted by molar-refractivity contribution is 14.1. The molecule has 0 unspecified atom stereocenters. The van der Waals surface area contributed by atoms with Gasteiger partial charge in [0.05, 0.1) is 59.7 Å². The fourth-order valence-electron chi connectivity index (χ4n) is 4.98. The van der Waals surface area contributed by atoms with E-state index in [0.29, 0.717) is 31.5 Å². The molecule has 2 fully saturated rings. The van der Waals surface area contributed by atoms with E-state index in [0.717, 1.165) is 38.4 Å². The molecule has 0 amide bonds. The highest BCUT2D eigenvalue weighted by Crippen LogP contribution is 2.43. The molecule has 5 heterocycles. The number of alkyl halides is 1. The Morgan fingerprint density at radius 1 is 1.13 bits per heavy atom. The first-order valence-electron chi connectivity index (χ1n) is 12.1. The number of rotatable bonds is 5. The second-order valence-corrected chi connectivity index (χ2v) is 12.2. The number of fused-ring (bicyclic) bond motifs is 1.